The topological polar surface area (TPSA) is 29.5 Å². The van der Waals surface area contributed by atoms with E-state index in [-0.39, 0.29) is 17.1 Å². The lowest BCUT2D eigenvalue weighted by molar-refractivity contribution is -0.0941. The van der Waals surface area contributed by atoms with Crippen molar-refractivity contribution < 1.29 is 9.84 Å². The predicted octanol–water partition coefficient (Wildman–Crippen LogP) is 0.957. The van der Waals surface area contributed by atoms with Crippen LogP contribution in [0.1, 0.15) is 13.3 Å². The molecule has 1 heterocycles. The zero-order valence-corrected chi connectivity index (χ0v) is 8.18. The molecule has 0 radical (unpaired) electrons. The van der Waals surface area contributed by atoms with Gasteiger partial charge in [0.2, 0.25) is 0 Å². The summed E-state index contributed by atoms with van der Waals surface area (Å²) in [6.07, 6.45) is 5.77. The number of rotatable bonds is 0. The number of ether oxygens (including phenoxy) is 1. The van der Waals surface area contributed by atoms with Crippen molar-refractivity contribution in [1.29, 1.82) is 0 Å². The van der Waals surface area contributed by atoms with E-state index < -0.39 is 0 Å². The van der Waals surface area contributed by atoms with Gasteiger partial charge in [-0.3, -0.25) is 0 Å². The Balaban J connectivity index is 1.86. The van der Waals surface area contributed by atoms with E-state index in [1.165, 1.54) is 6.42 Å². The summed E-state index contributed by atoms with van der Waals surface area (Å²) in [6.45, 7) is 2.21. The van der Waals surface area contributed by atoms with E-state index in [2.05, 4.69) is 13.0 Å². The van der Waals surface area contributed by atoms with Crippen LogP contribution in [0.4, 0.5) is 0 Å². The smallest absolute Gasteiger partial charge is 0.0877 e. The zero-order chi connectivity index (χ0) is 9.29. The molecular formula is C12H14O2. The minimum atomic E-state index is -0.172. The highest BCUT2D eigenvalue weighted by Crippen LogP contribution is 2.89. The lowest BCUT2D eigenvalue weighted by Gasteiger charge is -2.42. The second-order valence-electron chi connectivity index (χ2n) is 6.08. The summed E-state index contributed by atoms with van der Waals surface area (Å²) in [5.41, 5.74) is 0.243. The Morgan fingerprint density at radius 1 is 1.50 bits per heavy atom. The SMILES string of the molecule is CC12C=CC(O)C34C5CC(C(O1)C53)C24. The van der Waals surface area contributed by atoms with Crippen LogP contribution < -0.4 is 0 Å². The maximum atomic E-state index is 10.2. The monoisotopic (exact) mass is 190 g/mol. The fraction of sp³-hybridized carbons (Fsp3) is 0.833. The minimum Gasteiger partial charge on any atom is -0.388 e. The Labute approximate surface area is 82.9 Å². The van der Waals surface area contributed by atoms with Crippen molar-refractivity contribution in [3.8, 4) is 0 Å². The molecule has 0 aromatic rings. The Hall–Kier alpha value is -0.340. The molecule has 4 saturated carbocycles. The van der Waals surface area contributed by atoms with Gasteiger partial charge in [-0.25, -0.2) is 0 Å². The fourth-order valence-electron chi connectivity index (χ4n) is 5.87. The number of hydrogen-bond acceptors (Lipinski definition) is 2. The Kier molecular flexibility index (Phi) is 0.762. The lowest BCUT2D eigenvalue weighted by atomic mass is 9.70. The van der Waals surface area contributed by atoms with Gasteiger partial charge in [0.1, 0.15) is 0 Å². The minimum absolute atomic E-state index is 0.0314. The van der Waals surface area contributed by atoms with Crippen LogP contribution in [0.5, 0.6) is 0 Å². The third-order valence-corrected chi connectivity index (χ3v) is 5.94. The molecule has 2 heteroatoms. The van der Waals surface area contributed by atoms with E-state index in [0.717, 1.165) is 11.8 Å². The zero-order valence-electron chi connectivity index (χ0n) is 8.18. The van der Waals surface area contributed by atoms with Gasteiger partial charge in [0.05, 0.1) is 17.8 Å². The molecule has 6 aliphatic rings. The van der Waals surface area contributed by atoms with Crippen LogP contribution >= 0.6 is 0 Å². The van der Waals surface area contributed by atoms with Crippen molar-refractivity contribution in [1.82, 2.24) is 0 Å². The second-order valence-corrected chi connectivity index (χ2v) is 6.08. The molecule has 0 amide bonds. The molecule has 0 aromatic heterocycles. The van der Waals surface area contributed by atoms with Crippen molar-refractivity contribution in [2.24, 2.45) is 29.1 Å². The lowest BCUT2D eigenvalue weighted by Crippen LogP contribution is -2.47. The van der Waals surface area contributed by atoms with Crippen LogP contribution in [0, 0.1) is 29.1 Å². The maximum absolute atomic E-state index is 10.2. The Morgan fingerprint density at radius 3 is 3.07 bits per heavy atom. The largest absolute Gasteiger partial charge is 0.388 e. The number of aliphatic hydroxyl groups excluding tert-OH is 1. The van der Waals surface area contributed by atoms with E-state index >= 15 is 0 Å². The molecule has 6 bridgehead atoms. The van der Waals surface area contributed by atoms with E-state index in [1.807, 2.05) is 6.08 Å². The van der Waals surface area contributed by atoms with Crippen LogP contribution in [0.15, 0.2) is 12.2 Å². The first-order chi connectivity index (χ1) is 6.69. The first-order valence-corrected chi connectivity index (χ1v) is 5.75. The van der Waals surface area contributed by atoms with Gasteiger partial charge in [0, 0.05) is 11.3 Å². The van der Waals surface area contributed by atoms with Crippen LogP contribution in [-0.2, 0) is 4.74 Å². The quantitative estimate of drug-likeness (QED) is 0.576. The molecule has 1 saturated heterocycles. The summed E-state index contributed by atoms with van der Waals surface area (Å²) in [4.78, 5) is 0. The molecule has 8 atom stereocenters. The molecule has 1 N–H and O–H groups in total. The van der Waals surface area contributed by atoms with Gasteiger partial charge < -0.3 is 9.84 Å². The third kappa shape index (κ3) is 0.385. The molecule has 1 spiro atoms. The van der Waals surface area contributed by atoms with Crippen molar-refractivity contribution in [2.75, 3.05) is 0 Å². The summed E-state index contributed by atoms with van der Waals surface area (Å²) < 4.78 is 6.17. The Bertz CT molecular complexity index is 388. The average Bonchev–Trinajstić information content (AvgIpc) is 2.58. The first-order valence-electron chi connectivity index (χ1n) is 5.75. The van der Waals surface area contributed by atoms with Crippen LogP contribution in [0.25, 0.3) is 0 Å². The van der Waals surface area contributed by atoms with Crippen molar-refractivity contribution >= 4 is 0 Å². The summed E-state index contributed by atoms with van der Waals surface area (Å²) in [7, 11) is 0. The van der Waals surface area contributed by atoms with Crippen molar-refractivity contribution in [2.45, 2.75) is 31.2 Å². The van der Waals surface area contributed by atoms with Gasteiger partial charge in [-0.1, -0.05) is 12.2 Å². The number of aliphatic hydroxyl groups is 1. The molecule has 5 aliphatic carbocycles. The van der Waals surface area contributed by atoms with Gasteiger partial charge >= 0.3 is 0 Å². The molecule has 1 aliphatic heterocycles. The van der Waals surface area contributed by atoms with E-state index in [9.17, 15) is 5.11 Å². The standard InChI is InChI=1S/C12H14O2/c1-11-3-2-7(13)12-6-4-5(10(11)12)9(14-11)8(6)12/h2-3,5-10,13H,4H2,1H3. The molecule has 0 aromatic carbocycles. The van der Waals surface area contributed by atoms with Gasteiger partial charge in [-0.2, -0.15) is 0 Å². The van der Waals surface area contributed by atoms with E-state index in [4.69, 9.17) is 4.74 Å². The maximum Gasteiger partial charge on any atom is 0.0877 e. The third-order valence-electron chi connectivity index (χ3n) is 5.94. The van der Waals surface area contributed by atoms with Crippen LogP contribution in [0.2, 0.25) is 0 Å². The summed E-state index contributed by atoms with van der Waals surface area (Å²) in [5, 5.41) is 10.2. The molecule has 74 valence electrons. The van der Waals surface area contributed by atoms with Crippen LogP contribution in [0.3, 0.4) is 0 Å². The normalized spacial score (nSPS) is 79.9. The van der Waals surface area contributed by atoms with Gasteiger partial charge in [-0.15, -0.1) is 0 Å². The fourth-order valence-corrected chi connectivity index (χ4v) is 5.87. The van der Waals surface area contributed by atoms with Crippen molar-refractivity contribution in [3.05, 3.63) is 12.2 Å². The van der Waals surface area contributed by atoms with Gasteiger partial charge in [0.25, 0.3) is 0 Å². The molecule has 8 unspecified atom stereocenters. The first kappa shape index (κ1) is 7.02. The molecular weight excluding hydrogens is 176 g/mol. The highest BCUT2D eigenvalue weighted by atomic mass is 16.5. The van der Waals surface area contributed by atoms with Gasteiger partial charge in [-0.05, 0) is 31.1 Å². The highest BCUT2D eigenvalue weighted by Gasteiger charge is 2.91. The van der Waals surface area contributed by atoms with E-state index in [0.29, 0.717) is 17.9 Å². The number of hydrogen-bond donors (Lipinski definition) is 1. The highest BCUT2D eigenvalue weighted by molar-refractivity contribution is 5.43. The summed E-state index contributed by atoms with van der Waals surface area (Å²) in [5.74, 6) is 2.92. The summed E-state index contributed by atoms with van der Waals surface area (Å²) in [6, 6.07) is 0. The molecule has 2 nitrogen and oxygen atoms in total. The predicted molar refractivity (Wildman–Crippen MR) is 49.4 cm³/mol. The van der Waals surface area contributed by atoms with Crippen molar-refractivity contribution in [3.63, 3.8) is 0 Å². The molecule has 6 rings (SSSR count). The molecule has 14 heavy (non-hydrogen) atoms. The van der Waals surface area contributed by atoms with Gasteiger partial charge in [0.15, 0.2) is 0 Å². The molecule has 5 fully saturated rings. The second kappa shape index (κ2) is 1.52. The average molecular weight is 190 g/mol. The van der Waals surface area contributed by atoms with Crippen LogP contribution in [-0.4, -0.2) is 22.9 Å². The van der Waals surface area contributed by atoms with E-state index in [1.54, 1.807) is 0 Å². The Morgan fingerprint density at radius 2 is 2.36 bits per heavy atom. The summed E-state index contributed by atoms with van der Waals surface area (Å²) >= 11 is 0.